The van der Waals surface area contributed by atoms with Crippen molar-refractivity contribution in [1.29, 1.82) is 0 Å². The number of rotatable bonds is 3. The highest BCUT2D eigenvalue weighted by molar-refractivity contribution is 6.06. The Morgan fingerprint density at radius 3 is 2.16 bits per heavy atom. The number of nitrogens with one attached hydrogen (secondary N) is 2. The molecule has 8 heteroatoms. The Balaban J connectivity index is 2.60. The van der Waals surface area contributed by atoms with Crippen molar-refractivity contribution in [2.45, 2.75) is 0 Å². The standard InChI is InChI=1S/C11H8F2N2O4/c12-6-3-7(13)5-8(4-6)14-11(19)15-9(16)1-2-10(17)18/h1-5H,(H,17,18)(H2,14,15,16,19)/b2-1+. The number of hydrogen-bond donors (Lipinski definition) is 3. The predicted molar refractivity (Wildman–Crippen MR) is 60.3 cm³/mol. The van der Waals surface area contributed by atoms with E-state index >= 15 is 0 Å². The van der Waals surface area contributed by atoms with Crippen LogP contribution in [0.2, 0.25) is 0 Å². The van der Waals surface area contributed by atoms with Gasteiger partial charge in [-0.1, -0.05) is 0 Å². The van der Waals surface area contributed by atoms with Crippen molar-refractivity contribution in [3.05, 3.63) is 42.0 Å². The van der Waals surface area contributed by atoms with Crippen LogP contribution in [0.5, 0.6) is 0 Å². The molecule has 0 aliphatic carbocycles. The highest BCUT2D eigenvalue weighted by Crippen LogP contribution is 2.12. The molecule has 0 aromatic heterocycles. The van der Waals surface area contributed by atoms with Crippen molar-refractivity contribution in [3.8, 4) is 0 Å². The van der Waals surface area contributed by atoms with E-state index in [1.54, 1.807) is 5.32 Å². The summed E-state index contributed by atoms with van der Waals surface area (Å²) in [4.78, 5) is 32.3. The third-order valence-corrected chi connectivity index (χ3v) is 1.73. The van der Waals surface area contributed by atoms with Gasteiger partial charge in [0.05, 0.1) is 0 Å². The van der Waals surface area contributed by atoms with E-state index in [2.05, 4.69) is 0 Å². The van der Waals surface area contributed by atoms with E-state index in [0.29, 0.717) is 18.2 Å². The van der Waals surface area contributed by atoms with Crippen LogP contribution in [0.15, 0.2) is 30.4 Å². The second kappa shape index (κ2) is 6.24. The van der Waals surface area contributed by atoms with E-state index in [4.69, 9.17) is 5.11 Å². The quantitative estimate of drug-likeness (QED) is 0.720. The summed E-state index contributed by atoms with van der Waals surface area (Å²) in [6, 6.07) is 1.26. The molecule has 0 atom stereocenters. The van der Waals surface area contributed by atoms with Gasteiger partial charge in [0.25, 0.3) is 5.91 Å². The molecule has 0 saturated heterocycles. The number of halogens is 2. The van der Waals surface area contributed by atoms with Gasteiger partial charge in [0.15, 0.2) is 0 Å². The molecule has 0 spiro atoms. The van der Waals surface area contributed by atoms with Gasteiger partial charge in [-0.2, -0.15) is 0 Å². The highest BCUT2D eigenvalue weighted by atomic mass is 19.1. The summed E-state index contributed by atoms with van der Waals surface area (Å²) in [7, 11) is 0. The van der Waals surface area contributed by atoms with Crippen LogP contribution in [0.1, 0.15) is 0 Å². The van der Waals surface area contributed by atoms with Crippen molar-refractivity contribution < 1.29 is 28.3 Å². The largest absolute Gasteiger partial charge is 0.478 e. The maximum Gasteiger partial charge on any atom is 0.328 e. The summed E-state index contributed by atoms with van der Waals surface area (Å²) < 4.78 is 25.6. The number of benzene rings is 1. The van der Waals surface area contributed by atoms with Crippen molar-refractivity contribution in [2.24, 2.45) is 0 Å². The number of carbonyl (C=O) groups excluding carboxylic acids is 2. The minimum absolute atomic E-state index is 0.190. The molecular weight excluding hydrogens is 262 g/mol. The molecule has 0 heterocycles. The van der Waals surface area contributed by atoms with Gasteiger partial charge in [0, 0.05) is 23.9 Å². The molecule has 1 rings (SSSR count). The maximum atomic E-state index is 12.8. The number of carboxylic acid groups (broad SMARTS) is 1. The van der Waals surface area contributed by atoms with Crippen molar-refractivity contribution in [3.63, 3.8) is 0 Å². The van der Waals surface area contributed by atoms with Gasteiger partial charge in [0.2, 0.25) is 0 Å². The van der Waals surface area contributed by atoms with Gasteiger partial charge in [-0.3, -0.25) is 10.1 Å². The van der Waals surface area contributed by atoms with Crippen LogP contribution >= 0.6 is 0 Å². The van der Waals surface area contributed by atoms with Crippen LogP contribution in [0.4, 0.5) is 19.3 Å². The monoisotopic (exact) mass is 270 g/mol. The Hall–Kier alpha value is -2.77. The molecule has 0 fully saturated rings. The Morgan fingerprint density at radius 2 is 1.63 bits per heavy atom. The van der Waals surface area contributed by atoms with Crippen LogP contribution in [-0.2, 0) is 9.59 Å². The first-order valence-electron chi connectivity index (χ1n) is 4.86. The van der Waals surface area contributed by atoms with Gasteiger partial charge in [-0.05, 0) is 12.1 Å². The molecular formula is C11H8F2N2O4. The highest BCUT2D eigenvalue weighted by Gasteiger charge is 2.07. The lowest BCUT2D eigenvalue weighted by Gasteiger charge is -2.05. The second-order valence-corrected chi connectivity index (χ2v) is 3.27. The molecule has 3 N–H and O–H groups in total. The molecule has 1 aromatic carbocycles. The zero-order valence-electron chi connectivity index (χ0n) is 9.31. The molecule has 0 radical (unpaired) electrons. The van der Waals surface area contributed by atoms with Gasteiger partial charge < -0.3 is 10.4 Å². The lowest BCUT2D eigenvalue weighted by atomic mass is 10.3. The SMILES string of the molecule is O=C(O)/C=C/C(=O)NC(=O)Nc1cc(F)cc(F)c1. The van der Waals surface area contributed by atoms with Crippen LogP contribution < -0.4 is 10.6 Å². The fourth-order valence-corrected chi connectivity index (χ4v) is 1.09. The van der Waals surface area contributed by atoms with E-state index in [1.165, 1.54) is 0 Å². The molecule has 0 unspecified atom stereocenters. The van der Waals surface area contributed by atoms with E-state index in [0.717, 1.165) is 12.1 Å². The number of urea groups is 1. The number of imide groups is 1. The van der Waals surface area contributed by atoms with E-state index in [9.17, 15) is 23.2 Å². The van der Waals surface area contributed by atoms with Gasteiger partial charge in [0.1, 0.15) is 11.6 Å². The average molecular weight is 270 g/mol. The second-order valence-electron chi connectivity index (χ2n) is 3.27. The first-order chi connectivity index (χ1) is 8.86. The molecule has 6 nitrogen and oxygen atoms in total. The first-order valence-corrected chi connectivity index (χ1v) is 4.86. The fraction of sp³-hybridized carbons (Fsp3) is 0. The molecule has 0 saturated carbocycles. The molecule has 0 aliphatic rings. The Bertz CT molecular complexity index is 537. The smallest absolute Gasteiger partial charge is 0.328 e. The van der Waals surface area contributed by atoms with E-state index in [1.807, 2.05) is 5.32 Å². The average Bonchev–Trinajstić information content (AvgIpc) is 2.24. The summed E-state index contributed by atoms with van der Waals surface area (Å²) in [5.74, 6) is -4.14. The first kappa shape index (κ1) is 14.3. The summed E-state index contributed by atoms with van der Waals surface area (Å²) in [6.07, 6.45) is 1.15. The van der Waals surface area contributed by atoms with E-state index < -0.39 is 29.5 Å². The number of carbonyl (C=O) groups is 3. The van der Waals surface area contributed by atoms with Gasteiger partial charge in [-0.15, -0.1) is 0 Å². The van der Waals surface area contributed by atoms with Crippen LogP contribution in [-0.4, -0.2) is 23.0 Å². The summed E-state index contributed by atoms with van der Waals surface area (Å²) in [5.41, 5.74) is -0.190. The zero-order chi connectivity index (χ0) is 14.4. The van der Waals surface area contributed by atoms with Crippen molar-refractivity contribution in [1.82, 2.24) is 5.32 Å². The van der Waals surface area contributed by atoms with Crippen molar-refractivity contribution in [2.75, 3.05) is 5.32 Å². The third-order valence-electron chi connectivity index (χ3n) is 1.73. The number of hydrogen-bond acceptors (Lipinski definition) is 3. The number of amides is 3. The number of anilines is 1. The lowest BCUT2D eigenvalue weighted by Crippen LogP contribution is -2.33. The Labute approximate surface area is 105 Å². The minimum Gasteiger partial charge on any atom is -0.478 e. The van der Waals surface area contributed by atoms with Crippen LogP contribution in [0.3, 0.4) is 0 Å². The summed E-state index contributed by atoms with van der Waals surface area (Å²) in [5, 5.41) is 12.0. The van der Waals surface area contributed by atoms with Gasteiger partial charge >= 0.3 is 12.0 Å². The Morgan fingerprint density at radius 1 is 1.05 bits per heavy atom. The van der Waals surface area contributed by atoms with Crippen LogP contribution in [0.25, 0.3) is 0 Å². The van der Waals surface area contributed by atoms with Gasteiger partial charge in [-0.25, -0.2) is 18.4 Å². The number of aliphatic carboxylic acids is 1. The zero-order valence-corrected chi connectivity index (χ0v) is 9.31. The minimum atomic E-state index is -1.36. The molecule has 0 aliphatic heterocycles. The lowest BCUT2D eigenvalue weighted by molar-refractivity contribution is -0.131. The van der Waals surface area contributed by atoms with E-state index in [-0.39, 0.29) is 5.69 Å². The molecule has 0 bridgehead atoms. The Kier molecular flexibility index (Phi) is 4.69. The molecule has 19 heavy (non-hydrogen) atoms. The normalized spacial score (nSPS) is 10.2. The molecule has 1 aromatic rings. The third kappa shape index (κ3) is 5.39. The molecule has 3 amide bonds. The predicted octanol–water partition coefficient (Wildman–Crippen LogP) is 1.25. The summed E-state index contributed by atoms with van der Waals surface area (Å²) >= 11 is 0. The topological polar surface area (TPSA) is 95.5 Å². The number of carboxylic acids is 1. The van der Waals surface area contributed by atoms with Crippen LogP contribution in [0, 0.1) is 11.6 Å². The fourth-order valence-electron chi connectivity index (χ4n) is 1.09. The summed E-state index contributed by atoms with van der Waals surface area (Å²) in [6.45, 7) is 0. The van der Waals surface area contributed by atoms with Crippen molar-refractivity contribution >= 4 is 23.6 Å². The maximum absolute atomic E-state index is 12.8. The molecule has 100 valence electrons.